The Labute approximate surface area is 144 Å². The Morgan fingerprint density at radius 1 is 1.00 bits per heavy atom. The zero-order valence-electron chi connectivity index (χ0n) is 13.4. The summed E-state index contributed by atoms with van der Waals surface area (Å²) < 4.78 is 19.9. The number of aliphatic imine (C=N–C) groups is 1. The van der Waals surface area contributed by atoms with E-state index in [0.717, 1.165) is 11.1 Å². The van der Waals surface area contributed by atoms with Crippen LogP contribution in [0.3, 0.4) is 0 Å². The first-order chi connectivity index (χ1) is 12.2. The number of nitrogens with zero attached hydrogens (tertiary/aromatic N) is 2. The molecule has 1 aromatic heterocycles. The van der Waals surface area contributed by atoms with Gasteiger partial charge in [-0.3, -0.25) is 4.98 Å². The molecule has 2 N–H and O–H groups in total. The number of nitrogens with two attached hydrogens (primary N) is 1. The Bertz CT molecular complexity index is 928. The number of rotatable bonds is 3. The van der Waals surface area contributed by atoms with Crippen LogP contribution in [0.4, 0.5) is 4.39 Å². The van der Waals surface area contributed by atoms with Crippen molar-refractivity contribution in [2.75, 3.05) is 6.61 Å². The van der Waals surface area contributed by atoms with E-state index in [1.807, 2.05) is 36.4 Å². The van der Waals surface area contributed by atoms with Gasteiger partial charge in [0.2, 0.25) is 0 Å². The molecule has 2 heterocycles. The summed E-state index contributed by atoms with van der Waals surface area (Å²) in [5, 5.41) is 0. The lowest BCUT2D eigenvalue weighted by molar-refractivity contribution is 0.278. The van der Waals surface area contributed by atoms with Crippen LogP contribution in [0, 0.1) is 5.82 Å². The molecule has 2 aromatic carbocycles. The number of ether oxygens (including phenoxy) is 1. The molecule has 25 heavy (non-hydrogen) atoms. The number of hydrogen-bond donors (Lipinski definition) is 1. The van der Waals surface area contributed by atoms with E-state index in [4.69, 9.17) is 10.5 Å². The van der Waals surface area contributed by atoms with Crippen LogP contribution in [0.25, 0.3) is 11.1 Å². The van der Waals surface area contributed by atoms with Crippen molar-refractivity contribution >= 4 is 6.02 Å². The molecule has 4 nitrogen and oxygen atoms in total. The molecule has 124 valence electrons. The topological polar surface area (TPSA) is 60.5 Å². The van der Waals surface area contributed by atoms with Crippen molar-refractivity contribution in [1.82, 2.24) is 4.98 Å². The van der Waals surface area contributed by atoms with Gasteiger partial charge in [-0.05, 0) is 29.3 Å². The fraction of sp³-hybridized carbons (Fsp3) is 0.100. The quantitative estimate of drug-likeness (QED) is 0.798. The second kappa shape index (κ2) is 6.02. The van der Waals surface area contributed by atoms with E-state index in [0.29, 0.717) is 11.1 Å². The van der Waals surface area contributed by atoms with Crippen molar-refractivity contribution in [2.45, 2.75) is 5.54 Å². The number of hydrogen-bond acceptors (Lipinski definition) is 4. The van der Waals surface area contributed by atoms with Crippen LogP contribution in [-0.2, 0) is 10.3 Å². The molecule has 0 aliphatic carbocycles. The van der Waals surface area contributed by atoms with Crippen molar-refractivity contribution in [2.24, 2.45) is 10.7 Å². The third-order valence-corrected chi connectivity index (χ3v) is 4.40. The highest BCUT2D eigenvalue weighted by molar-refractivity contribution is 5.75. The van der Waals surface area contributed by atoms with E-state index in [-0.39, 0.29) is 18.4 Å². The lowest BCUT2D eigenvalue weighted by atomic mass is 9.83. The molecule has 1 atom stereocenters. The second-order valence-corrected chi connectivity index (χ2v) is 5.90. The minimum atomic E-state index is -0.782. The van der Waals surface area contributed by atoms with Gasteiger partial charge in [0.05, 0.1) is 0 Å². The molecule has 3 aromatic rings. The molecule has 1 aliphatic rings. The van der Waals surface area contributed by atoms with E-state index in [1.165, 1.54) is 6.07 Å². The zero-order chi connectivity index (χ0) is 17.3. The van der Waals surface area contributed by atoms with E-state index < -0.39 is 5.54 Å². The fourth-order valence-corrected chi connectivity index (χ4v) is 3.13. The van der Waals surface area contributed by atoms with Gasteiger partial charge in [-0.2, -0.15) is 0 Å². The van der Waals surface area contributed by atoms with Crippen LogP contribution in [0.5, 0.6) is 0 Å². The number of benzene rings is 2. The van der Waals surface area contributed by atoms with Crippen molar-refractivity contribution in [3.05, 3.63) is 90.0 Å². The average molecular weight is 333 g/mol. The third kappa shape index (κ3) is 2.63. The van der Waals surface area contributed by atoms with Crippen molar-refractivity contribution in [1.29, 1.82) is 0 Å². The fourth-order valence-electron chi connectivity index (χ4n) is 3.13. The highest BCUT2D eigenvalue weighted by atomic mass is 19.1. The van der Waals surface area contributed by atoms with Gasteiger partial charge < -0.3 is 10.5 Å². The molecule has 4 rings (SSSR count). The van der Waals surface area contributed by atoms with E-state index in [9.17, 15) is 4.39 Å². The Kier molecular flexibility index (Phi) is 3.69. The monoisotopic (exact) mass is 333 g/mol. The predicted molar refractivity (Wildman–Crippen MR) is 94.4 cm³/mol. The normalized spacial score (nSPS) is 19.3. The van der Waals surface area contributed by atoms with Crippen LogP contribution in [0.1, 0.15) is 11.1 Å². The molecule has 0 saturated carbocycles. The summed E-state index contributed by atoms with van der Waals surface area (Å²) in [5.74, 6) is -0.309. The van der Waals surface area contributed by atoms with Crippen LogP contribution < -0.4 is 5.73 Å². The summed E-state index contributed by atoms with van der Waals surface area (Å²) in [6, 6.07) is 18.5. The molecule has 0 bridgehead atoms. The maximum absolute atomic E-state index is 14.4. The van der Waals surface area contributed by atoms with Gasteiger partial charge >= 0.3 is 0 Å². The van der Waals surface area contributed by atoms with Crippen LogP contribution >= 0.6 is 0 Å². The minimum Gasteiger partial charge on any atom is -0.462 e. The molecule has 1 aliphatic heterocycles. The lowest BCUT2D eigenvalue weighted by Crippen LogP contribution is -2.27. The first kappa shape index (κ1) is 15.3. The zero-order valence-corrected chi connectivity index (χ0v) is 13.4. The first-order valence-electron chi connectivity index (χ1n) is 7.93. The summed E-state index contributed by atoms with van der Waals surface area (Å²) in [4.78, 5) is 8.64. The average Bonchev–Trinajstić information content (AvgIpc) is 3.06. The van der Waals surface area contributed by atoms with Gasteiger partial charge in [-0.1, -0.05) is 42.5 Å². The largest absolute Gasteiger partial charge is 0.462 e. The molecule has 0 unspecified atom stereocenters. The van der Waals surface area contributed by atoms with E-state index in [2.05, 4.69) is 9.98 Å². The van der Waals surface area contributed by atoms with Gasteiger partial charge in [0.25, 0.3) is 6.02 Å². The van der Waals surface area contributed by atoms with Crippen LogP contribution in [-0.4, -0.2) is 17.6 Å². The first-order valence-corrected chi connectivity index (χ1v) is 7.93. The third-order valence-electron chi connectivity index (χ3n) is 4.40. The second-order valence-electron chi connectivity index (χ2n) is 5.90. The van der Waals surface area contributed by atoms with E-state index in [1.54, 1.807) is 30.6 Å². The van der Waals surface area contributed by atoms with Gasteiger partial charge in [0.15, 0.2) is 5.54 Å². The minimum absolute atomic E-state index is 0.135. The summed E-state index contributed by atoms with van der Waals surface area (Å²) in [6.07, 6.45) is 3.30. The molecule has 0 amide bonds. The highest BCUT2D eigenvalue weighted by Gasteiger charge is 2.40. The maximum Gasteiger partial charge on any atom is 0.283 e. The summed E-state index contributed by atoms with van der Waals surface area (Å²) in [5.41, 5.74) is 7.97. The lowest BCUT2D eigenvalue weighted by Gasteiger charge is -2.26. The molecule has 0 saturated heterocycles. The van der Waals surface area contributed by atoms with Crippen LogP contribution in [0.2, 0.25) is 0 Å². The highest BCUT2D eigenvalue weighted by Crippen LogP contribution is 2.39. The predicted octanol–water partition coefficient (Wildman–Crippen LogP) is 3.48. The SMILES string of the molecule is NC1=N[C@@](c2ccccc2)(c2ccc(F)c(-c3cccnc3)c2)CO1. The Morgan fingerprint density at radius 3 is 2.52 bits per heavy atom. The maximum atomic E-state index is 14.4. The molecule has 5 heteroatoms. The smallest absolute Gasteiger partial charge is 0.283 e. The van der Waals surface area contributed by atoms with Crippen LogP contribution in [0.15, 0.2) is 78.0 Å². The van der Waals surface area contributed by atoms with Gasteiger partial charge in [-0.15, -0.1) is 0 Å². The molecular formula is C20H16FN3O. The van der Waals surface area contributed by atoms with Crippen molar-refractivity contribution < 1.29 is 9.13 Å². The number of halogens is 1. The van der Waals surface area contributed by atoms with Gasteiger partial charge in [0.1, 0.15) is 12.4 Å². The summed E-state index contributed by atoms with van der Waals surface area (Å²) in [7, 11) is 0. The van der Waals surface area contributed by atoms with Gasteiger partial charge in [-0.25, -0.2) is 9.38 Å². The number of aromatic nitrogens is 1. The molecular weight excluding hydrogens is 317 g/mol. The molecule has 0 radical (unpaired) electrons. The Balaban J connectivity index is 1.90. The molecule has 0 fully saturated rings. The Morgan fingerprint density at radius 2 is 1.84 bits per heavy atom. The molecule has 0 spiro atoms. The summed E-state index contributed by atoms with van der Waals surface area (Å²) in [6.45, 7) is 0.279. The van der Waals surface area contributed by atoms with Gasteiger partial charge in [0, 0.05) is 23.5 Å². The number of pyridine rings is 1. The Hall–Kier alpha value is -3.21. The van der Waals surface area contributed by atoms with Crippen molar-refractivity contribution in [3.63, 3.8) is 0 Å². The van der Waals surface area contributed by atoms with Crippen molar-refractivity contribution in [3.8, 4) is 11.1 Å². The summed E-state index contributed by atoms with van der Waals surface area (Å²) >= 11 is 0. The van der Waals surface area contributed by atoms with E-state index >= 15 is 0 Å². The number of amidine groups is 1. The standard InChI is InChI=1S/C20H16FN3O/c21-18-9-8-16(11-17(18)14-5-4-10-23-12-14)20(13-25-19(22)24-20)15-6-2-1-3-7-15/h1-12H,13H2,(H2,22,24)/t20-/m0/s1.